The van der Waals surface area contributed by atoms with Crippen LogP contribution in [-0.4, -0.2) is 46.3 Å². The quantitative estimate of drug-likeness (QED) is 0.885. The third-order valence-electron chi connectivity index (χ3n) is 3.78. The Morgan fingerprint density at radius 1 is 1.23 bits per heavy atom. The Morgan fingerprint density at radius 2 is 2.00 bits per heavy atom. The van der Waals surface area contributed by atoms with Gasteiger partial charge in [-0.05, 0) is 25.1 Å². The number of aromatic nitrogens is 2. The van der Waals surface area contributed by atoms with Gasteiger partial charge in [-0.25, -0.2) is 0 Å². The predicted octanol–water partition coefficient (Wildman–Crippen LogP) is 0.666. The molecule has 0 aliphatic carbocycles. The van der Waals surface area contributed by atoms with Gasteiger partial charge in [-0.3, -0.25) is 9.59 Å². The Bertz CT molecular complexity index is 726. The summed E-state index contributed by atoms with van der Waals surface area (Å²) in [7, 11) is 0. The standard InChI is InChI=1S/C16H18N4O2/c1-12-11-17-9-10-19(12)16(22)14-7-8-15(21)20(18-14)13-5-3-2-4-6-13/h2-8,12,17H,9-11H2,1H3/t12-/m0/s1. The molecule has 0 radical (unpaired) electrons. The fourth-order valence-corrected chi connectivity index (χ4v) is 2.57. The van der Waals surface area contributed by atoms with Gasteiger partial charge in [0.2, 0.25) is 0 Å². The summed E-state index contributed by atoms with van der Waals surface area (Å²) < 4.78 is 1.26. The highest BCUT2D eigenvalue weighted by Gasteiger charge is 2.25. The highest BCUT2D eigenvalue weighted by atomic mass is 16.2. The summed E-state index contributed by atoms with van der Waals surface area (Å²) in [5.74, 6) is -0.140. The molecule has 2 aromatic rings. The number of rotatable bonds is 2. The zero-order valence-corrected chi connectivity index (χ0v) is 12.4. The van der Waals surface area contributed by atoms with Crippen molar-refractivity contribution in [2.45, 2.75) is 13.0 Å². The van der Waals surface area contributed by atoms with Gasteiger partial charge in [0.1, 0.15) is 5.69 Å². The van der Waals surface area contributed by atoms with Crippen molar-refractivity contribution in [3.8, 4) is 5.69 Å². The summed E-state index contributed by atoms with van der Waals surface area (Å²) in [4.78, 5) is 26.4. The summed E-state index contributed by atoms with van der Waals surface area (Å²) >= 11 is 0. The Labute approximate surface area is 128 Å². The minimum Gasteiger partial charge on any atom is -0.332 e. The molecule has 0 spiro atoms. The van der Waals surface area contributed by atoms with Gasteiger partial charge in [0.05, 0.1) is 5.69 Å². The molecule has 1 atom stereocenters. The molecule has 1 amide bonds. The Hall–Kier alpha value is -2.47. The Kier molecular flexibility index (Phi) is 4.02. The van der Waals surface area contributed by atoms with Crippen molar-refractivity contribution in [2.75, 3.05) is 19.6 Å². The van der Waals surface area contributed by atoms with Crippen molar-refractivity contribution in [2.24, 2.45) is 0 Å². The first-order valence-corrected chi connectivity index (χ1v) is 7.34. The van der Waals surface area contributed by atoms with Crippen molar-refractivity contribution < 1.29 is 4.79 Å². The first-order chi connectivity index (χ1) is 10.7. The van der Waals surface area contributed by atoms with E-state index in [0.29, 0.717) is 12.2 Å². The Balaban J connectivity index is 1.95. The summed E-state index contributed by atoms with van der Waals surface area (Å²) in [5.41, 5.74) is 0.684. The van der Waals surface area contributed by atoms with Gasteiger partial charge in [-0.1, -0.05) is 18.2 Å². The third kappa shape index (κ3) is 2.78. The Morgan fingerprint density at radius 3 is 2.73 bits per heavy atom. The van der Waals surface area contributed by atoms with Gasteiger partial charge in [-0.2, -0.15) is 9.78 Å². The molecule has 1 N–H and O–H groups in total. The number of carbonyl (C=O) groups excluding carboxylic acids is 1. The van der Waals surface area contributed by atoms with E-state index in [2.05, 4.69) is 10.4 Å². The molecule has 0 unspecified atom stereocenters. The number of nitrogens with zero attached hydrogens (tertiary/aromatic N) is 3. The number of nitrogens with one attached hydrogen (secondary N) is 1. The summed E-state index contributed by atoms with van der Waals surface area (Å²) in [5, 5.41) is 7.49. The van der Waals surface area contributed by atoms with Crippen LogP contribution in [0.3, 0.4) is 0 Å². The van der Waals surface area contributed by atoms with Crippen molar-refractivity contribution >= 4 is 5.91 Å². The largest absolute Gasteiger partial charge is 0.332 e. The molecule has 1 aromatic heterocycles. The maximum atomic E-state index is 12.6. The molecule has 6 nitrogen and oxygen atoms in total. The lowest BCUT2D eigenvalue weighted by atomic mass is 10.2. The van der Waals surface area contributed by atoms with Crippen LogP contribution in [0.25, 0.3) is 5.69 Å². The van der Waals surface area contributed by atoms with Gasteiger partial charge >= 0.3 is 0 Å². The van der Waals surface area contributed by atoms with E-state index in [1.54, 1.807) is 17.0 Å². The minimum absolute atomic E-state index is 0.111. The zero-order valence-electron chi connectivity index (χ0n) is 12.4. The van der Waals surface area contributed by atoms with E-state index in [1.165, 1.54) is 16.8 Å². The van der Waals surface area contributed by atoms with Crippen molar-refractivity contribution in [3.05, 3.63) is 58.5 Å². The number of hydrogen-bond acceptors (Lipinski definition) is 4. The van der Waals surface area contributed by atoms with E-state index >= 15 is 0 Å². The van der Waals surface area contributed by atoms with Gasteiger partial charge in [0.15, 0.2) is 0 Å². The van der Waals surface area contributed by atoms with Gasteiger partial charge in [0, 0.05) is 31.7 Å². The topological polar surface area (TPSA) is 67.2 Å². The van der Waals surface area contributed by atoms with Crippen LogP contribution in [-0.2, 0) is 0 Å². The monoisotopic (exact) mass is 298 g/mol. The van der Waals surface area contributed by atoms with Crippen molar-refractivity contribution in [3.63, 3.8) is 0 Å². The van der Waals surface area contributed by atoms with E-state index in [-0.39, 0.29) is 23.2 Å². The molecule has 1 saturated heterocycles. The van der Waals surface area contributed by atoms with Gasteiger partial charge in [-0.15, -0.1) is 0 Å². The molecule has 1 fully saturated rings. The highest BCUT2D eigenvalue weighted by Crippen LogP contribution is 2.09. The first-order valence-electron chi connectivity index (χ1n) is 7.34. The van der Waals surface area contributed by atoms with Crippen LogP contribution in [0.2, 0.25) is 0 Å². The summed E-state index contributed by atoms with van der Waals surface area (Å²) in [6.45, 7) is 4.18. The van der Waals surface area contributed by atoms with Crippen molar-refractivity contribution in [1.29, 1.82) is 0 Å². The lowest BCUT2D eigenvalue weighted by molar-refractivity contribution is 0.0647. The fraction of sp³-hybridized carbons (Fsp3) is 0.312. The average molecular weight is 298 g/mol. The molecule has 22 heavy (non-hydrogen) atoms. The summed E-state index contributed by atoms with van der Waals surface area (Å²) in [6.07, 6.45) is 0. The van der Waals surface area contributed by atoms with Crippen LogP contribution < -0.4 is 10.9 Å². The molecule has 3 rings (SSSR count). The molecule has 0 bridgehead atoms. The van der Waals surface area contributed by atoms with Crippen LogP contribution in [0, 0.1) is 0 Å². The molecule has 1 aliphatic rings. The molecule has 114 valence electrons. The van der Waals surface area contributed by atoms with Crippen LogP contribution in [0.1, 0.15) is 17.4 Å². The molecule has 2 heterocycles. The normalized spacial score (nSPS) is 18.2. The second-order valence-corrected chi connectivity index (χ2v) is 5.36. The van der Waals surface area contributed by atoms with Crippen LogP contribution in [0.15, 0.2) is 47.3 Å². The number of para-hydroxylation sites is 1. The van der Waals surface area contributed by atoms with E-state index < -0.39 is 0 Å². The molecule has 1 aliphatic heterocycles. The van der Waals surface area contributed by atoms with Crippen LogP contribution >= 0.6 is 0 Å². The lowest BCUT2D eigenvalue weighted by Gasteiger charge is -2.33. The number of hydrogen-bond donors (Lipinski definition) is 1. The second kappa shape index (κ2) is 6.11. The first kappa shape index (κ1) is 14.5. The maximum absolute atomic E-state index is 12.6. The summed E-state index contributed by atoms with van der Waals surface area (Å²) in [6, 6.07) is 12.1. The number of benzene rings is 1. The molecule has 0 saturated carbocycles. The van der Waals surface area contributed by atoms with Crippen LogP contribution in [0.4, 0.5) is 0 Å². The zero-order chi connectivity index (χ0) is 15.5. The third-order valence-corrected chi connectivity index (χ3v) is 3.78. The highest BCUT2D eigenvalue weighted by molar-refractivity contribution is 5.92. The second-order valence-electron chi connectivity index (χ2n) is 5.36. The predicted molar refractivity (Wildman–Crippen MR) is 83.2 cm³/mol. The van der Waals surface area contributed by atoms with Gasteiger partial charge < -0.3 is 10.2 Å². The van der Waals surface area contributed by atoms with E-state index in [4.69, 9.17) is 0 Å². The smallest absolute Gasteiger partial charge is 0.274 e. The average Bonchev–Trinajstić information content (AvgIpc) is 2.56. The van der Waals surface area contributed by atoms with Crippen molar-refractivity contribution in [1.82, 2.24) is 20.0 Å². The maximum Gasteiger partial charge on any atom is 0.274 e. The number of piperazine rings is 1. The van der Waals surface area contributed by atoms with Crippen LogP contribution in [0.5, 0.6) is 0 Å². The SMILES string of the molecule is C[C@H]1CNCCN1C(=O)c1ccc(=O)n(-c2ccccc2)n1. The molecular formula is C16H18N4O2. The van der Waals surface area contributed by atoms with Gasteiger partial charge in [0.25, 0.3) is 11.5 Å². The molecular weight excluding hydrogens is 280 g/mol. The van der Waals surface area contributed by atoms with E-state index in [0.717, 1.165) is 13.1 Å². The number of carbonyl (C=O) groups is 1. The van der Waals surface area contributed by atoms with E-state index in [1.807, 2.05) is 25.1 Å². The molecule has 1 aromatic carbocycles. The molecule has 6 heteroatoms. The van der Waals surface area contributed by atoms with E-state index in [9.17, 15) is 9.59 Å². The lowest BCUT2D eigenvalue weighted by Crippen LogP contribution is -2.52. The number of amides is 1. The fourth-order valence-electron chi connectivity index (χ4n) is 2.57. The minimum atomic E-state index is -0.254.